The van der Waals surface area contributed by atoms with Gasteiger partial charge in [-0.1, -0.05) is 0 Å². The number of anilines is 2. The molecule has 0 aliphatic carbocycles. The van der Waals surface area contributed by atoms with Gasteiger partial charge < -0.3 is 30.3 Å². The van der Waals surface area contributed by atoms with Gasteiger partial charge in [-0.05, 0) is 55.3 Å². The second-order valence-corrected chi connectivity index (χ2v) is 8.34. The number of nitrogens with one attached hydrogen (secondary N) is 3. The Bertz CT molecular complexity index is 1080. The monoisotopic (exact) mass is 470 g/mol. The first-order chi connectivity index (χ1) is 16.3. The first-order valence-electron chi connectivity index (χ1n) is 11.1. The molecule has 0 aromatic heterocycles. The molecule has 0 saturated carbocycles. The molecule has 2 heterocycles. The molecule has 0 unspecified atom stereocenters. The van der Waals surface area contributed by atoms with Crippen LogP contribution < -0.4 is 20.7 Å². The van der Waals surface area contributed by atoms with Gasteiger partial charge in [0.1, 0.15) is 24.3 Å². The maximum absolute atomic E-state index is 13.3. The summed E-state index contributed by atoms with van der Waals surface area (Å²) in [7, 11) is 3.31. The zero-order chi connectivity index (χ0) is 24.2. The van der Waals surface area contributed by atoms with Crippen molar-refractivity contribution in [3.05, 3.63) is 53.8 Å². The fourth-order valence-electron chi connectivity index (χ4n) is 4.24. The van der Waals surface area contributed by atoms with E-state index < -0.39 is 11.8 Å². The Morgan fingerprint density at radius 2 is 1.79 bits per heavy atom. The van der Waals surface area contributed by atoms with Crippen LogP contribution in [0.2, 0.25) is 0 Å². The highest BCUT2D eigenvalue weighted by Crippen LogP contribution is 2.32. The topological polar surface area (TPSA) is 109 Å². The van der Waals surface area contributed by atoms with Crippen LogP contribution in [0.25, 0.3) is 0 Å². The van der Waals surface area contributed by atoms with Crippen LogP contribution in [0.15, 0.2) is 42.5 Å². The number of carbonyl (C=O) groups is 3. The van der Waals surface area contributed by atoms with E-state index in [1.54, 1.807) is 37.2 Å². The average Bonchev–Trinajstić information content (AvgIpc) is 2.83. The molecule has 4 rings (SSSR count). The molecule has 180 valence electrons. The van der Waals surface area contributed by atoms with Gasteiger partial charge in [0, 0.05) is 25.5 Å². The number of carbonyl (C=O) groups excluding carboxylic acids is 3. The molecular formula is C24H27FN4O5. The average molecular weight is 471 g/mol. The number of urea groups is 1. The Kier molecular flexibility index (Phi) is 6.97. The van der Waals surface area contributed by atoms with Crippen molar-refractivity contribution in [1.82, 2.24) is 10.2 Å². The summed E-state index contributed by atoms with van der Waals surface area (Å²) in [5.74, 6) is -0.353. The van der Waals surface area contributed by atoms with Gasteiger partial charge in [0.25, 0.3) is 5.91 Å². The zero-order valence-electron chi connectivity index (χ0n) is 19.0. The van der Waals surface area contributed by atoms with E-state index in [9.17, 15) is 18.8 Å². The number of rotatable bonds is 4. The summed E-state index contributed by atoms with van der Waals surface area (Å²) in [5, 5.41) is 7.90. The minimum absolute atomic E-state index is 0.0894. The van der Waals surface area contributed by atoms with Gasteiger partial charge in [0.05, 0.1) is 24.1 Å². The summed E-state index contributed by atoms with van der Waals surface area (Å²) in [4.78, 5) is 39.0. The van der Waals surface area contributed by atoms with Gasteiger partial charge in [-0.15, -0.1) is 0 Å². The standard InChI is InChI=1S/C24H27FN4O5/c1-26-22(30)12-17-8-9-19-21(34-17)13-33-20-10-7-16(11-18(20)23(31)29(19)2)28-24(32)27-15-5-3-14(25)4-6-15/h3-7,10-11,17,19,21H,8-9,12-13H2,1-2H3,(H,26,30)(H2,27,28,32)/t17-,19+,21+/m0/s1. The van der Waals surface area contributed by atoms with Crippen LogP contribution in [0, 0.1) is 5.82 Å². The van der Waals surface area contributed by atoms with Gasteiger partial charge >= 0.3 is 6.03 Å². The van der Waals surface area contributed by atoms with Crippen LogP contribution >= 0.6 is 0 Å². The summed E-state index contributed by atoms with van der Waals surface area (Å²) >= 11 is 0. The molecule has 2 aromatic rings. The molecular weight excluding hydrogens is 443 g/mol. The molecule has 34 heavy (non-hydrogen) atoms. The number of likely N-dealkylation sites (N-methyl/N-ethyl adjacent to an activating group) is 1. The molecule has 9 nitrogen and oxygen atoms in total. The second kappa shape index (κ2) is 10.1. The normalized spacial score (nSPS) is 21.8. The van der Waals surface area contributed by atoms with E-state index in [-0.39, 0.29) is 43.1 Å². The van der Waals surface area contributed by atoms with Crippen molar-refractivity contribution in [2.24, 2.45) is 0 Å². The van der Waals surface area contributed by atoms with Crippen LogP contribution in [-0.2, 0) is 9.53 Å². The minimum atomic E-state index is -0.526. The smallest absolute Gasteiger partial charge is 0.323 e. The van der Waals surface area contributed by atoms with Crippen molar-refractivity contribution >= 4 is 29.2 Å². The Morgan fingerprint density at radius 3 is 2.53 bits per heavy atom. The van der Waals surface area contributed by atoms with E-state index in [1.165, 1.54) is 24.3 Å². The first kappa shape index (κ1) is 23.5. The van der Waals surface area contributed by atoms with Crippen LogP contribution in [-0.4, -0.2) is 61.7 Å². The summed E-state index contributed by atoms with van der Waals surface area (Å²) in [5.41, 5.74) is 1.17. The zero-order valence-corrected chi connectivity index (χ0v) is 19.0. The lowest BCUT2D eigenvalue weighted by Crippen LogP contribution is -2.53. The predicted molar refractivity (Wildman–Crippen MR) is 123 cm³/mol. The lowest BCUT2D eigenvalue weighted by Gasteiger charge is -2.42. The third-order valence-electron chi connectivity index (χ3n) is 6.06. The molecule has 3 atom stereocenters. The molecule has 10 heteroatoms. The van der Waals surface area contributed by atoms with Gasteiger partial charge in [0.15, 0.2) is 0 Å². The number of hydrogen-bond acceptors (Lipinski definition) is 5. The molecule has 0 bridgehead atoms. The summed E-state index contributed by atoms with van der Waals surface area (Å²) in [6.07, 6.45) is 1.03. The van der Waals surface area contributed by atoms with E-state index in [2.05, 4.69) is 16.0 Å². The summed E-state index contributed by atoms with van der Waals surface area (Å²) in [6, 6.07) is 9.49. The predicted octanol–water partition coefficient (Wildman–Crippen LogP) is 2.99. The molecule has 2 aliphatic heterocycles. The lowest BCUT2D eigenvalue weighted by atomic mass is 9.94. The molecule has 3 N–H and O–H groups in total. The fraction of sp³-hybridized carbons (Fsp3) is 0.375. The molecule has 1 saturated heterocycles. The quantitative estimate of drug-likeness (QED) is 0.637. The van der Waals surface area contributed by atoms with Crippen LogP contribution in [0.5, 0.6) is 5.75 Å². The van der Waals surface area contributed by atoms with Crippen molar-refractivity contribution in [2.75, 3.05) is 31.3 Å². The first-order valence-corrected chi connectivity index (χ1v) is 11.1. The van der Waals surface area contributed by atoms with Gasteiger partial charge in [-0.3, -0.25) is 9.59 Å². The van der Waals surface area contributed by atoms with Crippen molar-refractivity contribution in [3.8, 4) is 5.75 Å². The van der Waals surface area contributed by atoms with Crippen molar-refractivity contribution in [2.45, 2.75) is 37.5 Å². The van der Waals surface area contributed by atoms with E-state index in [0.29, 0.717) is 35.5 Å². The van der Waals surface area contributed by atoms with Gasteiger partial charge in [-0.25, -0.2) is 9.18 Å². The van der Waals surface area contributed by atoms with Crippen LogP contribution in [0.1, 0.15) is 29.6 Å². The molecule has 0 spiro atoms. The van der Waals surface area contributed by atoms with Crippen molar-refractivity contribution in [3.63, 3.8) is 0 Å². The highest BCUT2D eigenvalue weighted by atomic mass is 19.1. The number of hydrogen-bond donors (Lipinski definition) is 3. The Hall–Kier alpha value is -3.66. The number of ether oxygens (including phenoxy) is 2. The Balaban J connectivity index is 1.46. The molecule has 2 aliphatic rings. The lowest BCUT2D eigenvalue weighted by molar-refractivity contribution is -0.133. The molecule has 0 radical (unpaired) electrons. The number of amides is 4. The van der Waals surface area contributed by atoms with E-state index in [1.807, 2.05) is 0 Å². The van der Waals surface area contributed by atoms with Crippen molar-refractivity contribution < 1.29 is 28.2 Å². The number of halogens is 1. The summed E-state index contributed by atoms with van der Waals surface area (Å²) in [6.45, 7) is 0.233. The van der Waals surface area contributed by atoms with Crippen molar-refractivity contribution in [1.29, 1.82) is 0 Å². The van der Waals surface area contributed by atoms with E-state index in [0.717, 1.165) is 0 Å². The van der Waals surface area contributed by atoms with Gasteiger partial charge in [0.2, 0.25) is 5.91 Å². The number of fused-ring (bicyclic) bond motifs is 2. The maximum atomic E-state index is 13.3. The maximum Gasteiger partial charge on any atom is 0.323 e. The molecule has 2 aromatic carbocycles. The second-order valence-electron chi connectivity index (χ2n) is 8.34. The Morgan fingerprint density at radius 1 is 1.09 bits per heavy atom. The molecule has 4 amide bonds. The van der Waals surface area contributed by atoms with Gasteiger partial charge in [-0.2, -0.15) is 0 Å². The number of nitrogens with zero attached hydrogens (tertiary/aromatic N) is 1. The van der Waals surface area contributed by atoms with Crippen LogP contribution in [0.3, 0.4) is 0 Å². The highest BCUT2D eigenvalue weighted by molar-refractivity contribution is 6.02. The van der Waals surface area contributed by atoms with E-state index >= 15 is 0 Å². The minimum Gasteiger partial charge on any atom is -0.490 e. The highest BCUT2D eigenvalue weighted by Gasteiger charge is 2.39. The SMILES string of the molecule is CNC(=O)C[C@@H]1CC[C@@H]2[C@@H](COc3ccc(NC(=O)Nc4ccc(F)cc4)cc3C(=O)N2C)O1. The Labute approximate surface area is 196 Å². The van der Waals surface area contributed by atoms with Crippen LogP contribution in [0.4, 0.5) is 20.6 Å². The van der Waals surface area contributed by atoms with E-state index in [4.69, 9.17) is 9.47 Å². The summed E-state index contributed by atoms with van der Waals surface area (Å²) < 4.78 is 25.1. The number of benzene rings is 2. The largest absolute Gasteiger partial charge is 0.490 e. The molecule has 1 fully saturated rings. The third kappa shape index (κ3) is 5.28. The third-order valence-corrected chi connectivity index (χ3v) is 6.06. The fourth-order valence-corrected chi connectivity index (χ4v) is 4.24.